The van der Waals surface area contributed by atoms with Crippen LogP contribution in [-0.4, -0.2) is 32.0 Å². The second kappa shape index (κ2) is 7.14. The molecule has 0 atom stereocenters. The number of hydrogen-bond acceptors (Lipinski definition) is 4. The maximum Gasteiger partial charge on any atom is 0.261 e. The predicted molar refractivity (Wildman–Crippen MR) is 98.8 cm³/mol. The van der Waals surface area contributed by atoms with Crippen molar-refractivity contribution in [3.63, 3.8) is 0 Å². The molecule has 0 radical (unpaired) electrons. The second-order valence-electron chi connectivity index (χ2n) is 6.53. The van der Waals surface area contributed by atoms with Gasteiger partial charge in [-0.25, -0.2) is 13.2 Å². The Morgan fingerprint density at radius 3 is 2.32 bits per heavy atom. The third kappa shape index (κ3) is 4.96. The lowest BCUT2D eigenvalue weighted by atomic mass is 10.1. The lowest BCUT2D eigenvalue weighted by Crippen LogP contribution is -2.29. The summed E-state index contributed by atoms with van der Waals surface area (Å²) in [4.78, 5) is 0.112. The summed E-state index contributed by atoms with van der Waals surface area (Å²) >= 11 is 0. The van der Waals surface area contributed by atoms with Crippen molar-refractivity contribution >= 4 is 21.9 Å². The number of benzene rings is 2. The fourth-order valence-electron chi connectivity index (χ4n) is 1.96. The number of hydroxylamine groups is 1. The molecule has 1 N–H and O–H groups in total. The first-order chi connectivity index (χ1) is 11.6. The Bertz CT molecular complexity index is 867. The highest BCUT2D eigenvalue weighted by Gasteiger charge is 2.18. The second-order valence-corrected chi connectivity index (χ2v) is 8.21. The van der Waals surface area contributed by atoms with E-state index in [0.29, 0.717) is 17.0 Å². The third-order valence-corrected chi connectivity index (χ3v) is 4.84. The van der Waals surface area contributed by atoms with E-state index < -0.39 is 15.6 Å². The lowest BCUT2D eigenvalue weighted by molar-refractivity contribution is -0.530. The van der Waals surface area contributed by atoms with E-state index in [1.165, 1.54) is 25.5 Å². The molecule has 6 nitrogen and oxygen atoms in total. The first-order valence-electron chi connectivity index (χ1n) is 7.70. The molecule has 0 saturated carbocycles. The first-order valence-corrected chi connectivity index (χ1v) is 9.18. The van der Waals surface area contributed by atoms with Gasteiger partial charge in [-0.2, -0.15) is 0 Å². The molecule has 25 heavy (non-hydrogen) atoms. The van der Waals surface area contributed by atoms with Gasteiger partial charge in [0.25, 0.3) is 10.0 Å². The standard InChI is InChI=1S/C18H22N2O4S/c1-18(2,3)20(21)13-14-8-10-17(11-9-14)25(22,23)19-15-6-5-7-16(12-15)24-4/h5-13,19H,1-4H3/b20-13-. The molecule has 2 aromatic carbocycles. The van der Waals surface area contributed by atoms with Gasteiger partial charge in [-0.15, -0.1) is 0 Å². The summed E-state index contributed by atoms with van der Waals surface area (Å²) in [5.41, 5.74) is 0.484. The van der Waals surface area contributed by atoms with Crippen LogP contribution in [0.4, 0.5) is 5.69 Å². The Balaban J connectivity index is 2.23. The molecule has 0 heterocycles. The van der Waals surface area contributed by atoms with Crippen molar-refractivity contribution in [2.24, 2.45) is 0 Å². The van der Waals surface area contributed by atoms with Gasteiger partial charge in [-0.3, -0.25) is 4.72 Å². The van der Waals surface area contributed by atoms with Crippen molar-refractivity contribution in [3.8, 4) is 5.75 Å². The Morgan fingerprint density at radius 1 is 1.12 bits per heavy atom. The Morgan fingerprint density at radius 2 is 1.76 bits per heavy atom. The molecular weight excluding hydrogens is 340 g/mol. The molecule has 0 aliphatic rings. The number of anilines is 1. The van der Waals surface area contributed by atoms with Crippen LogP contribution >= 0.6 is 0 Å². The first kappa shape index (κ1) is 18.8. The Labute approximate surface area is 148 Å². The van der Waals surface area contributed by atoms with E-state index in [4.69, 9.17) is 4.74 Å². The number of nitrogens with zero attached hydrogens (tertiary/aromatic N) is 1. The van der Waals surface area contributed by atoms with Gasteiger partial charge in [0.05, 0.1) is 17.7 Å². The van der Waals surface area contributed by atoms with E-state index in [1.807, 2.05) is 0 Å². The third-order valence-electron chi connectivity index (χ3n) is 3.44. The summed E-state index contributed by atoms with van der Waals surface area (Å²) in [6.07, 6.45) is 1.44. The van der Waals surface area contributed by atoms with Crippen LogP contribution in [0, 0.1) is 5.21 Å². The van der Waals surface area contributed by atoms with Gasteiger partial charge in [-0.1, -0.05) is 6.07 Å². The van der Waals surface area contributed by atoms with E-state index >= 15 is 0 Å². The number of ether oxygens (including phenoxy) is 1. The predicted octanol–water partition coefficient (Wildman–Crippen LogP) is 3.22. The van der Waals surface area contributed by atoms with Gasteiger partial charge in [0.15, 0.2) is 11.8 Å². The van der Waals surface area contributed by atoms with Crippen molar-refractivity contribution in [2.75, 3.05) is 11.8 Å². The van der Waals surface area contributed by atoms with E-state index in [9.17, 15) is 13.6 Å². The number of rotatable bonds is 5. The normalized spacial score (nSPS) is 12.7. The van der Waals surface area contributed by atoms with Crippen molar-refractivity contribution < 1.29 is 17.9 Å². The number of sulfonamides is 1. The largest absolute Gasteiger partial charge is 0.623 e. The molecule has 0 aliphatic heterocycles. The van der Waals surface area contributed by atoms with Gasteiger partial charge in [0.2, 0.25) is 0 Å². The molecule has 0 fully saturated rings. The van der Waals surface area contributed by atoms with E-state index in [1.54, 1.807) is 57.2 Å². The highest BCUT2D eigenvalue weighted by atomic mass is 32.2. The quantitative estimate of drug-likeness (QED) is 0.383. The smallest absolute Gasteiger partial charge is 0.261 e. The molecule has 134 valence electrons. The maximum atomic E-state index is 12.5. The zero-order valence-electron chi connectivity index (χ0n) is 14.7. The zero-order chi connectivity index (χ0) is 18.7. The average molecular weight is 362 g/mol. The monoisotopic (exact) mass is 362 g/mol. The topological polar surface area (TPSA) is 81.5 Å². The molecule has 0 aliphatic carbocycles. The minimum absolute atomic E-state index is 0.112. The van der Waals surface area contributed by atoms with Crippen LogP contribution < -0.4 is 9.46 Å². The van der Waals surface area contributed by atoms with Crippen LogP contribution in [0.25, 0.3) is 0 Å². The van der Waals surface area contributed by atoms with E-state index in [0.717, 1.165) is 4.74 Å². The lowest BCUT2D eigenvalue weighted by Gasteiger charge is -2.18. The van der Waals surface area contributed by atoms with Gasteiger partial charge < -0.3 is 9.94 Å². The summed E-state index contributed by atoms with van der Waals surface area (Å²) in [5, 5.41) is 11.9. The van der Waals surface area contributed by atoms with Crippen LogP contribution in [-0.2, 0) is 10.0 Å². The Hall–Kier alpha value is -2.54. The summed E-state index contributed by atoms with van der Waals surface area (Å²) in [6, 6.07) is 12.8. The molecular formula is C18H22N2O4S. The van der Waals surface area contributed by atoms with Crippen LogP contribution in [0.3, 0.4) is 0 Å². The molecule has 0 amide bonds. The molecule has 2 aromatic rings. The maximum absolute atomic E-state index is 12.5. The fourth-order valence-corrected chi connectivity index (χ4v) is 3.01. The molecule has 7 heteroatoms. The van der Waals surface area contributed by atoms with Crippen LogP contribution in [0.15, 0.2) is 53.4 Å². The fraction of sp³-hybridized carbons (Fsp3) is 0.278. The summed E-state index contributed by atoms with van der Waals surface area (Å²) in [7, 11) is -2.21. The van der Waals surface area contributed by atoms with Gasteiger partial charge in [0.1, 0.15) is 5.75 Å². The zero-order valence-corrected chi connectivity index (χ0v) is 15.5. The minimum atomic E-state index is -3.72. The Kier molecular flexibility index (Phi) is 5.37. The van der Waals surface area contributed by atoms with Crippen molar-refractivity contribution in [3.05, 3.63) is 59.3 Å². The summed E-state index contributed by atoms with van der Waals surface area (Å²) in [5.74, 6) is 0.558. The summed E-state index contributed by atoms with van der Waals surface area (Å²) < 4.78 is 33.3. The van der Waals surface area contributed by atoms with Gasteiger partial charge >= 0.3 is 0 Å². The highest BCUT2D eigenvalue weighted by Crippen LogP contribution is 2.20. The average Bonchev–Trinajstić information content (AvgIpc) is 2.54. The van der Waals surface area contributed by atoms with Crippen molar-refractivity contribution in [1.29, 1.82) is 0 Å². The van der Waals surface area contributed by atoms with Crippen LogP contribution in [0.5, 0.6) is 5.75 Å². The summed E-state index contributed by atoms with van der Waals surface area (Å²) in [6.45, 7) is 5.40. The number of hydrogen-bond donors (Lipinski definition) is 1. The van der Waals surface area contributed by atoms with Crippen LogP contribution in [0.1, 0.15) is 26.3 Å². The van der Waals surface area contributed by atoms with Crippen LogP contribution in [0.2, 0.25) is 0 Å². The van der Waals surface area contributed by atoms with Gasteiger partial charge in [-0.05, 0) is 36.4 Å². The molecule has 0 bridgehead atoms. The molecule has 0 aromatic heterocycles. The number of nitrogens with one attached hydrogen (secondary N) is 1. The van der Waals surface area contributed by atoms with E-state index in [2.05, 4.69) is 4.72 Å². The molecule has 0 spiro atoms. The molecule has 2 rings (SSSR count). The molecule has 0 unspecified atom stereocenters. The van der Waals surface area contributed by atoms with Crippen molar-refractivity contribution in [2.45, 2.75) is 31.2 Å². The van der Waals surface area contributed by atoms with Crippen molar-refractivity contribution in [1.82, 2.24) is 0 Å². The minimum Gasteiger partial charge on any atom is -0.623 e. The van der Waals surface area contributed by atoms with Gasteiger partial charge in [0, 0.05) is 32.4 Å². The highest BCUT2D eigenvalue weighted by molar-refractivity contribution is 7.92. The van der Waals surface area contributed by atoms with E-state index in [-0.39, 0.29) is 4.90 Å². The SMILES string of the molecule is COc1cccc(NS(=O)(=O)c2ccc(/C=[N+](\[O-])C(C)(C)C)cc2)c1. The molecule has 0 saturated heterocycles. The number of methoxy groups -OCH3 is 1.